The van der Waals surface area contributed by atoms with Crippen molar-refractivity contribution >= 4 is 11.8 Å². The van der Waals surface area contributed by atoms with Crippen LogP contribution in [0.5, 0.6) is 0 Å². The highest BCUT2D eigenvalue weighted by Crippen LogP contribution is 2.21. The van der Waals surface area contributed by atoms with Gasteiger partial charge in [0.15, 0.2) is 0 Å². The van der Waals surface area contributed by atoms with Crippen LogP contribution in [0.15, 0.2) is 18.6 Å². The van der Waals surface area contributed by atoms with Crippen molar-refractivity contribution in [2.24, 2.45) is 5.92 Å². The van der Waals surface area contributed by atoms with E-state index in [0.29, 0.717) is 24.8 Å². The molecule has 1 N–H and O–H groups in total. The third-order valence-corrected chi connectivity index (χ3v) is 4.27. The molecule has 2 heterocycles. The highest BCUT2D eigenvalue weighted by molar-refractivity contribution is 5.94. The molecule has 6 nitrogen and oxygen atoms in total. The van der Waals surface area contributed by atoms with Crippen molar-refractivity contribution in [1.29, 1.82) is 0 Å². The molecular formula is C15H20N4O2. The highest BCUT2D eigenvalue weighted by Gasteiger charge is 2.37. The first-order valence-corrected chi connectivity index (χ1v) is 7.59. The van der Waals surface area contributed by atoms with Crippen LogP contribution < -0.4 is 5.32 Å². The molecule has 0 radical (unpaired) electrons. The average Bonchev–Trinajstić information content (AvgIpc) is 2.47. The number of aromatic nitrogens is 2. The fourth-order valence-corrected chi connectivity index (χ4v) is 2.95. The molecule has 0 aromatic carbocycles. The van der Waals surface area contributed by atoms with Gasteiger partial charge in [0.2, 0.25) is 5.91 Å². The third-order valence-electron chi connectivity index (χ3n) is 4.27. The SMILES string of the molecule is O=C(NC1CCCCC1)C1CN(C(=O)c2cnccn2)C1. The molecule has 0 atom stereocenters. The maximum atomic E-state index is 12.1. The first kappa shape index (κ1) is 14.0. The van der Waals surface area contributed by atoms with Crippen LogP contribution in [0.25, 0.3) is 0 Å². The van der Waals surface area contributed by atoms with Crippen LogP contribution in [0.1, 0.15) is 42.6 Å². The smallest absolute Gasteiger partial charge is 0.274 e. The Kier molecular flexibility index (Phi) is 4.13. The Morgan fingerprint density at radius 1 is 1.14 bits per heavy atom. The summed E-state index contributed by atoms with van der Waals surface area (Å²) in [7, 11) is 0. The second-order valence-corrected chi connectivity index (χ2v) is 5.84. The van der Waals surface area contributed by atoms with Gasteiger partial charge >= 0.3 is 0 Å². The maximum Gasteiger partial charge on any atom is 0.274 e. The Hall–Kier alpha value is -1.98. The van der Waals surface area contributed by atoms with Crippen molar-refractivity contribution in [3.05, 3.63) is 24.3 Å². The van der Waals surface area contributed by atoms with E-state index in [2.05, 4.69) is 15.3 Å². The molecule has 2 fully saturated rings. The summed E-state index contributed by atoms with van der Waals surface area (Å²) in [5.74, 6) is -0.137. The van der Waals surface area contributed by atoms with Crippen molar-refractivity contribution in [2.45, 2.75) is 38.1 Å². The van der Waals surface area contributed by atoms with Crippen LogP contribution in [0.2, 0.25) is 0 Å². The number of carbonyl (C=O) groups excluding carboxylic acids is 2. The Balaban J connectivity index is 1.46. The van der Waals surface area contributed by atoms with E-state index in [-0.39, 0.29) is 17.7 Å². The predicted octanol–water partition coefficient (Wildman–Crippen LogP) is 0.997. The first-order valence-electron chi connectivity index (χ1n) is 7.59. The Morgan fingerprint density at radius 2 is 1.90 bits per heavy atom. The van der Waals surface area contributed by atoms with E-state index in [9.17, 15) is 9.59 Å². The van der Waals surface area contributed by atoms with Gasteiger partial charge in [0.05, 0.1) is 12.1 Å². The quantitative estimate of drug-likeness (QED) is 0.900. The highest BCUT2D eigenvalue weighted by atomic mass is 16.2. The lowest BCUT2D eigenvalue weighted by Gasteiger charge is -2.38. The van der Waals surface area contributed by atoms with E-state index in [1.54, 1.807) is 4.90 Å². The minimum atomic E-state index is -0.148. The number of nitrogens with one attached hydrogen (secondary N) is 1. The van der Waals surface area contributed by atoms with Crippen LogP contribution in [0.3, 0.4) is 0 Å². The van der Waals surface area contributed by atoms with Gasteiger partial charge in [-0.2, -0.15) is 0 Å². The molecule has 6 heteroatoms. The standard InChI is InChI=1S/C15H20N4O2/c20-14(18-12-4-2-1-3-5-12)11-9-19(10-11)15(21)13-8-16-6-7-17-13/h6-8,11-12H,1-5,9-10H2,(H,18,20). The second kappa shape index (κ2) is 6.20. The van der Waals surface area contributed by atoms with Gasteiger partial charge in [0, 0.05) is 31.5 Å². The van der Waals surface area contributed by atoms with Gasteiger partial charge in [-0.05, 0) is 12.8 Å². The molecular weight excluding hydrogens is 268 g/mol. The summed E-state index contributed by atoms with van der Waals surface area (Å²) >= 11 is 0. The largest absolute Gasteiger partial charge is 0.353 e. The number of carbonyl (C=O) groups is 2. The van der Waals surface area contributed by atoms with E-state index < -0.39 is 0 Å². The van der Waals surface area contributed by atoms with Crippen molar-refractivity contribution in [3.8, 4) is 0 Å². The van der Waals surface area contributed by atoms with E-state index >= 15 is 0 Å². The molecule has 3 rings (SSSR count). The third kappa shape index (κ3) is 3.20. The Morgan fingerprint density at radius 3 is 2.57 bits per heavy atom. The summed E-state index contributed by atoms with van der Waals surface area (Å²) < 4.78 is 0. The summed E-state index contributed by atoms with van der Waals surface area (Å²) in [6.07, 6.45) is 10.3. The van der Waals surface area contributed by atoms with Gasteiger partial charge in [-0.25, -0.2) is 4.98 Å². The predicted molar refractivity (Wildman–Crippen MR) is 76.4 cm³/mol. The number of amides is 2. The Bertz CT molecular complexity index is 508. The van der Waals surface area contributed by atoms with Crippen LogP contribution in [0.4, 0.5) is 0 Å². The fourth-order valence-electron chi connectivity index (χ4n) is 2.95. The maximum absolute atomic E-state index is 12.1. The Labute approximate surface area is 124 Å². The zero-order chi connectivity index (χ0) is 14.7. The molecule has 1 aliphatic carbocycles. The number of hydrogen-bond donors (Lipinski definition) is 1. The molecule has 2 aliphatic rings. The van der Waals surface area contributed by atoms with Crippen molar-refractivity contribution in [3.63, 3.8) is 0 Å². The van der Waals surface area contributed by atoms with Crippen LogP contribution in [-0.2, 0) is 4.79 Å². The van der Waals surface area contributed by atoms with Crippen LogP contribution in [0, 0.1) is 5.92 Å². The number of likely N-dealkylation sites (tertiary alicyclic amines) is 1. The fraction of sp³-hybridized carbons (Fsp3) is 0.600. The number of hydrogen-bond acceptors (Lipinski definition) is 4. The number of nitrogens with zero attached hydrogens (tertiary/aromatic N) is 3. The molecule has 1 aromatic rings. The molecule has 112 valence electrons. The van der Waals surface area contributed by atoms with E-state index in [1.165, 1.54) is 37.9 Å². The topological polar surface area (TPSA) is 75.2 Å². The molecule has 1 saturated carbocycles. The summed E-state index contributed by atoms with van der Waals surface area (Å²) in [5.41, 5.74) is 0.337. The zero-order valence-corrected chi connectivity index (χ0v) is 12.0. The molecule has 0 bridgehead atoms. The molecule has 1 aromatic heterocycles. The minimum absolute atomic E-state index is 0.0763. The van der Waals surface area contributed by atoms with Gasteiger partial charge in [0.1, 0.15) is 5.69 Å². The van der Waals surface area contributed by atoms with E-state index in [0.717, 1.165) is 12.8 Å². The first-order chi connectivity index (χ1) is 10.2. The second-order valence-electron chi connectivity index (χ2n) is 5.84. The normalized spacial score (nSPS) is 19.9. The van der Waals surface area contributed by atoms with Crippen molar-refractivity contribution in [1.82, 2.24) is 20.2 Å². The summed E-state index contributed by atoms with van der Waals surface area (Å²) in [5, 5.41) is 3.12. The van der Waals surface area contributed by atoms with Gasteiger partial charge in [-0.15, -0.1) is 0 Å². The van der Waals surface area contributed by atoms with Crippen molar-refractivity contribution < 1.29 is 9.59 Å². The van der Waals surface area contributed by atoms with Crippen molar-refractivity contribution in [2.75, 3.05) is 13.1 Å². The van der Waals surface area contributed by atoms with E-state index in [4.69, 9.17) is 0 Å². The van der Waals surface area contributed by atoms with E-state index in [1.807, 2.05) is 0 Å². The molecule has 2 amide bonds. The molecule has 0 spiro atoms. The average molecular weight is 288 g/mol. The molecule has 1 aliphatic heterocycles. The summed E-state index contributed by atoms with van der Waals surface area (Å²) in [4.78, 5) is 33.7. The van der Waals surface area contributed by atoms with Gasteiger partial charge in [0.25, 0.3) is 5.91 Å². The molecule has 0 unspecified atom stereocenters. The lowest BCUT2D eigenvalue weighted by atomic mass is 9.93. The zero-order valence-electron chi connectivity index (χ0n) is 12.0. The van der Waals surface area contributed by atoms with Crippen LogP contribution in [-0.4, -0.2) is 45.8 Å². The summed E-state index contributed by atoms with van der Waals surface area (Å²) in [6.45, 7) is 0.960. The van der Waals surface area contributed by atoms with Gasteiger partial charge < -0.3 is 10.2 Å². The lowest BCUT2D eigenvalue weighted by Crippen LogP contribution is -2.57. The monoisotopic (exact) mass is 288 g/mol. The molecule has 1 saturated heterocycles. The molecule has 21 heavy (non-hydrogen) atoms. The lowest BCUT2D eigenvalue weighted by molar-refractivity contribution is -0.129. The summed E-state index contributed by atoms with van der Waals surface area (Å²) in [6, 6.07) is 0.330. The number of rotatable bonds is 3. The van der Waals surface area contributed by atoms with Crippen LogP contribution >= 0.6 is 0 Å². The van der Waals surface area contributed by atoms with Gasteiger partial charge in [-0.1, -0.05) is 19.3 Å². The van der Waals surface area contributed by atoms with Gasteiger partial charge in [-0.3, -0.25) is 14.6 Å². The minimum Gasteiger partial charge on any atom is -0.353 e.